The molecule has 0 aliphatic heterocycles. The van der Waals surface area contributed by atoms with Crippen LogP contribution in [0.3, 0.4) is 0 Å². The Labute approximate surface area is 140 Å². The molecular formula is C15H16BrN3O4. The lowest BCUT2D eigenvalue weighted by Gasteiger charge is -2.19. The maximum absolute atomic E-state index is 12.4. The second kappa shape index (κ2) is 6.91. The van der Waals surface area contributed by atoms with Crippen molar-refractivity contribution in [1.82, 2.24) is 14.5 Å². The molecule has 1 aromatic heterocycles. The zero-order valence-electron chi connectivity index (χ0n) is 12.7. The van der Waals surface area contributed by atoms with Crippen molar-refractivity contribution in [3.05, 3.63) is 39.4 Å². The third kappa shape index (κ3) is 3.95. The van der Waals surface area contributed by atoms with Gasteiger partial charge in [-0.3, -0.25) is 19.0 Å². The van der Waals surface area contributed by atoms with Crippen LogP contribution in [-0.2, 0) is 16.1 Å². The molecule has 8 heteroatoms. The average molecular weight is 382 g/mol. The maximum Gasteiger partial charge on any atom is 0.308 e. The van der Waals surface area contributed by atoms with Crippen LogP contribution in [0.4, 0.5) is 0 Å². The molecule has 1 amide bonds. The number of rotatable bonds is 5. The van der Waals surface area contributed by atoms with E-state index in [1.807, 2.05) is 0 Å². The number of fused-ring (bicyclic) bond motifs is 1. The number of carboxylic acid groups (broad SMARTS) is 1. The van der Waals surface area contributed by atoms with Crippen LogP contribution in [0, 0.1) is 5.92 Å². The summed E-state index contributed by atoms with van der Waals surface area (Å²) in [6, 6.07) is 5.15. The van der Waals surface area contributed by atoms with Crippen LogP contribution in [0.2, 0.25) is 0 Å². The molecule has 1 heterocycles. The number of aliphatic carboxylic acids is 1. The molecule has 2 aromatic rings. The number of halogens is 1. The first-order chi connectivity index (χ1) is 10.8. The first kappa shape index (κ1) is 17.1. The van der Waals surface area contributed by atoms with E-state index in [0.29, 0.717) is 10.9 Å². The molecule has 0 aliphatic rings. The fraction of sp³-hybridized carbons (Fsp3) is 0.333. The number of amides is 1. The molecule has 0 saturated carbocycles. The van der Waals surface area contributed by atoms with Gasteiger partial charge in [0.15, 0.2) is 0 Å². The average Bonchev–Trinajstić information content (AvgIpc) is 2.50. The number of hydrogen-bond donors (Lipinski definition) is 1. The second-order valence-electron chi connectivity index (χ2n) is 5.35. The Kier molecular flexibility index (Phi) is 5.15. The number of aromatic nitrogens is 2. The summed E-state index contributed by atoms with van der Waals surface area (Å²) in [6.45, 7) is 1.42. The smallest absolute Gasteiger partial charge is 0.308 e. The van der Waals surface area contributed by atoms with Gasteiger partial charge >= 0.3 is 5.97 Å². The van der Waals surface area contributed by atoms with E-state index >= 15 is 0 Å². The quantitative estimate of drug-likeness (QED) is 0.843. The van der Waals surface area contributed by atoms with Gasteiger partial charge in [0.05, 0.1) is 23.1 Å². The van der Waals surface area contributed by atoms with Crippen molar-refractivity contribution < 1.29 is 14.7 Å². The molecular weight excluding hydrogens is 366 g/mol. The Bertz CT molecular complexity index is 818. The van der Waals surface area contributed by atoms with Gasteiger partial charge < -0.3 is 10.0 Å². The largest absolute Gasteiger partial charge is 0.481 e. The standard InChI is InChI=1S/C15H16BrN3O4/c1-9(15(22)23)6-18(2)13(20)7-19-8-17-12-4-3-10(16)5-11(12)14(19)21/h3-5,8-9H,6-7H2,1-2H3,(H,22,23). The lowest BCUT2D eigenvalue weighted by Crippen LogP contribution is -2.37. The molecule has 2 rings (SSSR count). The molecule has 0 spiro atoms. The van der Waals surface area contributed by atoms with Gasteiger partial charge in [-0.1, -0.05) is 22.9 Å². The van der Waals surface area contributed by atoms with Crippen LogP contribution in [0.1, 0.15) is 6.92 Å². The predicted octanol–water partition coefficient (Wildman–Crippen LogP) is 1.34. The van der Waals surface area contributed by atoms with Gasteiger partial charge in [-0.15, -0.1) is 0 Å². The normalized spacial score (nSPS) is 12.1. The summed E-state index contributed by atoms with van der Waals surface area (Å²) in [5, 5.41) is 9.30. The Morgan fingerprint density at radius 1 is 1.43 bits per heavy atom. The van der Waals surface area contributed by atoms with Gasteiger partial charge in [-0.25, -0.2) is 4.98 Å². The van der Waals surface area contributed by atoms with Crippen molar-refractivity contribution in [3.63, 3.8) is 0 Å². The lowest BCUT2D eigenvalue weighted by atomic mass is 10.2. The number of likely N-dealkylation sites (N-methyl/N-ethyl adjacent to an activating group) is 1. The van der Waals surface area contributed by atoms with Gasteiger partial charge in [-0.05, 0) is 18.2 Å². The number of benzene rings is 1. The lowest BCUT2D eigenvalue weighted by molar-refractivity contribution is -0.142. The third-order valence-electron chi connectivity index (χ3n) is 3.49. The molecule has 1 aromatic carbocycles. The molecule has 1 N–H and O–H groups in total. The summed E-state index contributed by atoms with van der Waals surface area (Å²) in [7, 11) is 1.51. The number of nitrogens with zero attached hydrogens (tertiary/aromatic N) is 3. The predicted molar refractivity (Wildman–Crippen MR) is 88.1 cm³/mol. The van der Waals surface area contributed by atoms with E-state index in [1.165, 1.54) is 29.8 Å². The maximum atomic E-state index is 12.4. The van der Waals surface area contributed by atoms with E-state index in [4.69, 9.17) is 5.11 Å². The van der Waals surface area contributed by atoms with Crippen molar-refractivity contribution in [1.29, 1.82) is 0 Å². The Morgan fingerprint density at radius 3 is 2.78 bits per heavy atom. The molecule has 1 atom stereocenters. The van der Waals surface area contributed by atoms with E-state index in [-0.39, 0.29) is 24.6 Å². The third-order valence-corrected chi connectivity index (χ3v) is 3.98. The molecule has 7 nitrogen and oxygen atoms in total. The van der Waals surface area contributed by atoms with E-state index in [0.717, 1.165) is 4.47 Å². The van der Waals surface area contributed by atoms with Crippen LogP contribution >= 0.6 is 15.9 Å². The summed E-state index contributed by atoms with van der Waals surface area (Å²) >= 11 is 3.30. The van der Waals surface area contributed by atoms with Gasteiger partial charge in [0.1, 0.15) is 6.54 Å². The molecule has 23 heavy (non-hydrogen) atoms. The highest BCUT2D eigenvalue weighted by Crippen LogP contribution is 2.14. The fourth-order valence-corrected chi connectivity index (χ4v) is 2.46. The van der Waals surface area contributed by atoms with E-state index in [1.54, 1.807) is 18.2 Å². The topological polar surface area (TPSA) is 92.5 Å². The van der Waals surface area contributed by atoms with E-state index in [2.05, 4.69) is 20.9 Å². The zero-order valence-corrected chi connectivity index (χ0v) is 14.3. The SMILES string of the molecule is CC(CN(C)C(=O)Cn1cnc2ccc(Br)cc2c1=O)C(=O)O. The minimum atomic E-state index is -0.973. The molecule has 1 unspecified atom stereocenters. The van der Waals surface area contributed by atoms with Crippen molar-refractivity contribution in [3.8, 4) is 0 Å². The highest BCUT2D eigenvalue weighted by molar-refractivity contribution is 9.10. The zero-order chi connectivity index (χ0) is 17.1. The van der Waals surface area contributed by atoms with Gasteiger partial charge in [-0.2, -0.15) is 0 Å². The van der Waals surface area contributed by atoms with E-state index in [9.17, 15) is 14.4 Å². The van der Waals surface area contributed by atoms with Gasteiger partial charge in [0, 0.05) is 18.1 Å². The summed E-state index contributed by atoms with van der Waals surface area (Å²) in [6.07, 6.45) is 1.32. The Balaban J connectivity index is 2.21. The molecule has 0 fully saturated rings. The first-order valence-corrected chi connectivity index (χ1v) is 7.70. The summed E-state index contributed by atoms with van der Waals surface area (Å²) in [5.41, 5.74) is 0.235. The summed E-state index contributed by atoms with van der Waals surface area (Å²) < 4.78 is 1.97. The van der Waals surface area contributed by atoms with Crippen LogP contribution in [0.15, 0.2) is 33.8 Å². The van der Waals surface area contributed by atoms with Crippen LogP contribution in [0.5, 0.6) is 0 Å². The fourth-order valence-electron chi connectivity index (χ4n) is 2.10. The number of carbonyl (C=O) groups is 2. The summed E-state index contributed by atoms with van der Waals surface area (Å²) in [5.74, 6) is -2.00. The van der Waals surface area contributed by atoms with E-state index < -0.39 is 11.9 Å². The molecule has 0 saturated heterocycles. The highest BCUT2D eigenvalue weighted by Gasteiger charge is 2.18. The minimum absolute atomic E-state index is 0.0788. The van der Waals surface area contributed by atoms with Gasteiger partial charge in [0.25, 0.3) is 5.56 Å². The first-order valence-electron chi connectivity index (χ1n) is 6.91. The second-order valence-corrected chi connectivity index (χ2v) is 6.27. The van der Waals surface area contributed by atoms with Crippen molar-refractivity contribution in [2.75, 3.05) is 13.6 Å². The highest BCUT2D eigenvalue weighted by atomic mass is 79.9. The van der Waals surface area contributed by atoms with Gasteiger partial charge in [0.2, 0.25) is 5.91 Å². The number of carbonyl (C=O) groups excluding carboxylic acids is 1. The minimum Gasteiger partial charge on any atom is -0.481 e. The number of hydrogen-bond acceptors (Lipinski definition) is 4. The number of carboxylic acids is 1. The van der Waals surface area contributed by atoms with Crippen LogP contribution in [0.25, 0.3) is 10.9 Å². The molecule has 0 radical (unpaired) electrons. The molecule has 122 valence electrons. The monoisotopic (exact) mass is 381 g/mol. The van der Waals surface area contributed by atoms with Crippen LogP contribution in [-0.4, -0.2) is 45.0 Å². The Hall–Kier alpha value is -2.22. The van der Waals surface area contributed by atoms with Crippen LogP contribution < -0.4 is 5.56 Å². The molecule has 0 aliphatic carbocycles. The van der Waals surface area contributed by atoms with Crippen molar-refractivity contribution in [2.24, 2.45) is 5.92 Å². The Morgan fingerprint density at radius 2 is 2.13 bits per heavy atom. The molecule has 0 bridgehead atoms. The van der Waals surface area contributed by atoms with Crippen molar-refractivity contribution in [2.45, 2.75) is 13.5 Å². The summed E-state index contributed by atoms with van der Waals surface area (Å²) in [4.78, 5) is 40.9. The van der Waals surface area contributed by atoms with Crippen molar-refractivity contribution >= 4 is 38.7 Å².